The Morgan fingerprint density at radius 1 is 1.00 bits per heavy atom. The van der Waals surface area contributed by atoms with Gasteiger partial charge in [0, 0.05) is 24.4 Å². The predicted molar refractivity (Wildman–Crippen MR) is 128 cm³/mol. The van der Waals surface area contributed by atoms with E-state index in [9.17, 15) is 24.0 Å². The van der Waals surface area contributed by atoms with Crippen LogP contribution in [0.1, 0.15) is 49.2 Å². The fourth-order valence-electron chi connectivity index (χ4n) is 4.13. The molecule has 0 aliphatic carbocycles. The molecule has 3 amide bonds. The molecule has 4 atom stereocenters. The standard InChI is InChI=1S/C26H30N4O5/c1-15(2)22(23(32)21-16(3)24(33)30-26(21)35)28-14-19(31)13-20(17-7-5-4-6-8-17)29-25(34)18-9-11-27-12-10-18/h4-12,15-16,20-22,28H,13-14H2,1-3H3,(H,29,34)(H,30,33,35)/t16-,20+,21-,22-/m1/s1. The number of rotatable bonds is 11. The van der Waals surface area contributed by atoms with Crippen molar-refractivity contribution in [1.82, 2.24) is 20.9 Å². The first-order valence-electron chi connectivity index (χ1n) is 11.6. The first kappa shape index (κ1) is 25.9. The van der Waals surface area contributed by atoms with Crippen molar-refractivity contribution >= 4 is 29.3 Å². The predicted octanol–water partition coefficient (Wildman–Crippen LogP) is 1.60. The number of carbonyl (C=O) groups excluding carboxylic acids is 5. The van der Waals surface area contributed by atoms with Crippen LogP contribution in [-0.2, 0) is 19.2 Å². The van der Waals surface area contributed by atoms with Crippen LogP contribution in [-0.4, -0.2) is 46.9 Å². The number of hydrogen-bond acceptors (Lipinski definition) is 7. The molecule has 0 unspecified atom stereocenters. The van der Waals surface area contributed by atoms with Gasteiger partial charge in [-0.25, -0.2) is 0 Å². The molecular formula is C26H30N4O5. The maximum Gasteiger partial charge on any atom is 0.251 e. The van der Waals surface area contributed by atoms with Gasteiger partial charge in [0.2, 0.25) is 11.8 Å². The van der Waals surface area contributed by atoms with Gasteiger partial charge in [0.15, 0.2) is 5.78 Å². The van der Waals surface area contributed by atoms with Gasteiger partial charge in [-0.1, -0.05) is 51.1 Å². The number of pyridine rings is 1. The van der Waals surface area contributed by atoms with Gasteiger partial charge < -0.3 is 10.6 Å². The molecule has 1 fully saturated rings. The number of ketones is 2. The zero-order valence-corrected chi connectivity index (χ0v) is 20.0. The quantitative estimate of drug-likeness (QED) is 0.330. The summed E-state index contributed by atoms with van der Waals surface area (Å²) in [6.45, 7) is 5.03. The Kier molecular flexibility index (Phi) is 8.59. The van der Waals surface area contributed by atoms with Gasteiger partial charge >= 0.3 is 0 Å². The lowest BCUT2D eigenvalue weighted by molar-refractivity contribution is -0.135. The van der Waals surface area contributed by atoms with E-state index in [0.717, 1.165) is 5.56 Å². The fraction of sp³-hybridized carbons (Fsp3) is 0.385. The number of aromatic nitrogens is 1. The number of hydrogen-bond donors (Lipinski definition) is 3. The second-order valence-electron chi connectivity index (χ2n) is 9.04. The van der Waals surface area contributed by atoms with E-state index in [1.54, 1.807) is 32.9 Å². The lowest BCUT2D eigenvalue weighted by Gasteiger charge is -2.25. The average molecular weight is 479 g/mol. The van der Waals surface area contributed by atoms with Crippen LogP contribution >= 0.6 is 0 Å². The minimum atomic E-state index is -1.07. The number of nitrogens with zero attached hydrogens (tertiary/aromatic N) is 1. The van der Waals surface area contributed by atoms with Crippen LogP contribution in [0.4, 0.5) is 0 Å². The van der Waals surface area contributed by atoms with Crippen LogP contribution in [0.5, 0.6) is 0 Å². The average Bonchev–Trinajstić information content (AvgIpc) is 3.10. The zero-order valence-electron chi connectivity index (χ0n) is 20.0. The highest BCUT2D eigenvalue weighted by atomic mass is 16.2. The minimum absolute atomic E-state index is 0.00560. The molecule has 1 aliphatic heterocycles. The molecule has 3 rings (SSSR count). The molecule has 1 saturated heterocycles. The van der Waals surface area contributed by atoms with E-state index in [-0.39, 0.29) is 30.6 Å². The zero-order chi connectivity index (χ0) is 25.5. The lowest BCUT2D eigenvalue weighted by Crippen LogP contribution is -2.48. The fourth-order valence-corrected chi connectivity index (χ4v) is 4.13. The summed E-state index contributed by atoms with van der Waals surface area (Å²) >= 11 is 0. The van der Waals surface area contributed by atoms with Crippen molar-refractivity contribution in [3.05, 3.63) is 66.0 Å². The summed E-state index contributed by atoms with van der Waals surface area (Å²) in [5.41, 5.74) is 1.20. The Labute approximate surface area is 204 Å². The summed E-state index contributed by atoms with van der Waals surface area (Å²) in [6.07, 6.45) is 3.04. The molecule has 9 nitrogen and oxygen atoms in total. The van der Waals surface area contributed by atoms with Crippen LogP contribution < -0.4 is 16.0 Å². The molecule has 2 aromatic rings. The summed E-state index contributed by atoms with van der Waals surface area (Å²) in [7, 11) is 0. The number of amides is 3. The highest BCUT2D eigenvalue weighted by Gasteiger charge is 2.45. The molecule has 0 bridgehead atoms. The highest BCUT2D eigenvalue weighted by Crippen LogP contribution is 2.23. The smallest absolute Gasteiger partial charge is 0.251 e. The van der Waals surface area contributed by atoms with E-state index >= 15 is 0 Å². The van der Waals surface area contributed by atoms with Crippen molar-refractivity contribution in [2.75, 3.05) is 6.54 Å². The normalized spacial score (nSPS) is 19.2. The molecule has 184 valence electrons. The summed E-state index contributed by atoms with van der Waals surface area (Å²) in [5.74, 6) is -4.06. The third-order valence-corrected chi connectivity index (χ3v) is 6.12. The Hall–Kier alpha value is -3.72. The van der Waals surface area contributed by atoms with Gasteiger partial charge in [0.25, 0.3) is 5.91 Å². The Morgan fingerprint density at radius 3 is 2.23 bits per heavy atom. The lowest BCUT2D eigenvalue weighted by atomic mass is 9.85. The van der Waals surface area contributed by atoms with Crippen LogP contribution in [0.2, 0.25) is 0 Å². The third kappa shape index (κ3) is 6.45. The highest BCUT2D eigenvalue weighted by molar-refractivity contribution is 6.16. The van der Waals surface area contributed by atoms with Crippen LogP contribution in [0.3, 0.4) is 0 Å². The number of Topliss-reactive ketones (excluding diaryl/α,β-unsaturated/α-hetero) is 2. The van der Waals surface area contributed by atoms with Gasteiger partial charge in [-0.3, -0.25) is 34.3 Å². The maximum absolute atomic E-state index is 13.1. The maximum atomic E-state index is 13.1. The van der Waals surface area contributed by atoms with E-state index in [4.69, 9.17) is 0 Å². The van der Waals surface area contributed by atoms with Crippen LogP contribution in [0.25, 0.3) is 0 Å². The van der Waals surface area contributed by atoms with Crippen LogP contribution in [0.15, 0.2) is 54.9 Å². The number of carbonyl (C=O) groups is 5. The summed E-state index contributed by atoms with van der Waals surface area (Å²) in [5, 5.41) is 8.08. The van der Waals surface area contributed by atoms with E-state index in [2.05, 4.69) is 20.9 Å². The second-order valence-corrected chi connectivity index (χ2v) is 9.04. The van der Waals surface area contributed by atoms with Crippen molar-refractivity contribution < 1.29 is 24.0 Å². The van der Waals surface area contributed by atoms with Crippen molar-refractivity contribution in [2.45, 2.75) is 39.3 Å². The minimum Gasteiger partial charge on any atom is -0.345 e. The van der Waals surface area contributed by atoms with Gasteiger partial charge in [-0.2, -0.15) is 0 Å². The summed E-state index contributed by atoms with van der Waals surface area (Å²) in [6, 6.07) is 11.0. The summed E-state index contributed by atoms with van der Waals surface area (Å²) < 4.78 is 0. The number of benzene rings is 1. The topological polar surface area (TPSA) is 134 Å². The summed E-state index contributed by atoms with van der Waals surface area (Å²) in [4.78, 5) is 66.6. The molecule has 0 spiro atoms. The van der Waals surface area contributed by atoms with E-state index in [1.165, 1.54) is 12.4 Å². The first-order valence-corrected chi connectivity index (χ1v) is 11.6. The number of nitrogens with one attached hydrogen (secondary N) is 3. The molecular weight excluding hydrogens is 448 g/mol. The van der Waals surface area contributed by atoms with Gasteiger partial charge in [-0.05, 0) is 23.6 Å². The number of imide groups is 1. The molecule has 2 heterocycles. The largest absolute Gasteiger partial charge is 0.345 e. The van der Waals surface area contributed by atoms with Gasteiger partial charge in [0.05, 0.1) is 24.5 Å². The van der Waals surface area contributed by atoms with Crippen molar-refractivity contribution in [2.24, 2.45) is 17.8 Å². The molecule has 3 N–H and O–H groups in total. The molecule has 1 aliphatic rings. The molecule has 0 saturated carbocycles. The van der Waals surface area contributed by atoms with E-state index < -0.39 is 41.5 Å². The van der Waals surface area contributed by atoms with Crippen LogP contribution in [0, 0.1) is 17.8 Å². The molecule has 35 heavy (non-hydrogen) atoms. The third-order valence-electron chi connectivity index (χ3n) is 6.12. The molecule has 9 heteroatoms. The van der Waals surface area contributed by atoms with Crippen molar-refractivity contribution in [3.8, 4) is 0 Å². The monoisotopic (exact) mass is 478 g/mol. The van der Waals surface area contributed by atoms with Crippen molar-refractivity contribution in [1.29, 1.82) is 0 Å². The van der Waals surface area contributed by atoms with Crippen molar-refractivity contribution in [3.63, 3.8) is 0 Å². The Morgan fingerprint density at radius 2 is 1.66 bits per heavy atom. The SMILES string of the molecule is CC(C)[C@@H](NCC(=O)C[C@H](NC(=O)c1ccncc1)c1ccccc1)C(=O)[C@@H]1C(=O)NC(=O)[C@@H]1C. The molecule has 1 aromatic carbocycles. The van der Waals surface area contributed by atoms with E-state index in [0.29, 0.717) is 5.56 Å². The first-order chi connectivity index (χ1) is 16.7. The van der Waals surface area contributed by atoms with Gasteiger partial charge in [0.1, 0.15) is 11.7 Å². The molecule has 0 radical (unpaired) electrons. The Balaban J connectivity index is 1.68. The molecule has 1 aromatic heterocycles. The van der Waals surface area contributed by atoms with Gasteiger partial charge in [-0.15, -0.1) is 0 Å². The van der Waals surface area contributed by atoms with E-state index in [1.807, 2.05) is 30.3 Å². The second kappa shape index (κ2) is 11.6. The Bertz CT molecular complexity index is 1090.